The average Bonchev–Trinajstić information content (AvgIpc) is 2.42. The fourth-order valence-electron chi connectivity index (χ4n) is 2.10. The summed E-state index contributed by atoms with van der Waals surface area (Å²) < 4.78 is 15.4. The third-order valence-electron chi connectivity index (χ3n) is 3.04. The Labute approximate surface area is 145 Å². The lowest BCUT2D eigenvalue weighted by Crippen LogP contribution is -2.24. The van der Waals surface area contributed by atoms with E-state index >= 15 is 0 Å². The third-order valence-corrected chi connectivity index (χ3v) is 4.42. The second-order valence-corrected chi connectivity index (χ2v) is 6.76. The van der Waals surface area contributed by atoms with Gasteiger partial charge in [0.15, 0.2) is 0 Å². The predicted octanol–water partition coefficient (Wildman–Crippen LogP) is 5.29. The maximum Gasteiger partial charge on any atom is 0.142 e. The molecule has 2 rings (SSSR count). The van der Waals surface area contributed by atoms with Gasteiger partial charge in [-0.05, 0) is 68.6 Å². The van der Waals surface area contributed by atoms with Gasteiger partial charge in [0.25, 0.3) is 0 Å². The molecule has 1 aromatic carbocycles. The fraction of sp³-hybridized carbons (Fsp3) is 0.267. The topological polar surface area (TPSA) is 24.9 Å². The number of nitrogens with one attached hydrogen (secondary N) is 1. The van der Waals surface area contributed by atoms with Crippen LogP contribution in [0.4, 0.5) is 4.39 Å². The van der Waals surface area contributed by atoms with Gasteiger partial charge in [0, 0.05) is 15.1 Å². The van der Waals surface area contributed by atoms with E-state index in [1.54, 1.807) is 12.3 Å². The number of benzene rings is 1. The lowest BCUT2D eigenvalue weighted by molar-refractivity contribution is 0.532. The fourth-order valence-corrected chi connectivity index (χ4v) is 3.48. The number of pyridine rings is 1. The van der Waals surface area contributed by atoms with Crippen molar-refractivity contribution in [1.82, 2.24) is 10.3 Å². The van der Waals surface area contributed by atoms with Gasteiger partial charge >= 0.3 is 0 Å². The quantitative estimate of drug-likeness (QED) is 0.689. The summed E-state index contributed by atoms with van der Waals surface area (Å²) in [5.41, 5.74) is 1.77. The first kappa shape index (κ1) is 16.9. The van der Waals surface area contributed by atoms with Gasteiger partial charge in [0.2, 0.25) is 0 Å². The Morgan fingerprint density at radius 3 is 2.71 bits per heavy atom. The summed E-state index contributed by atoms with van der Waals surface area (Å²) in [6.45, 7) is 2.83. The van der Waals surface area contributed by atoms with Crippen LogP contribution >= 0.6 is 43.5 Å². The molecule has 0 saturated heterocycles. The van der Waals surface area contributed by atoms with Crippen LogP contribution in [0.2, 0.25) is 5.02 Å². The van der Waals surface area contributed by atoms with E-state index in [0.29, 0.717) is 6.42 Å². The molecular weight excluding hydrogens is 422 g/mol. The smallest absolute Gasteiger partial charge is 0.142 e. The first-order valence-corrected chi connectivity index (χ1v) is 8.46. The highest BCUT2D eigenvalue weighted by Gasteiger charge is 2.17. The third kappa shape index (κ3) is 4.49. The van der Waals surface area contributed by atoms with Crippen LogP contribution in [0.5, 0.6) is 0 Å². The molecule has 2 nitrogen and oxygen atoms in total. The molecule has 1 atom stereocenters. The van der Waals surface area contributed by atoms with Gasteiger partial charge in [-0.2, -0.15) is 0 Å². The molecule has 0 bridgehead atoms. The predicted molar refractivity (Wildman–Crippen MR) is 91.2 cm³/mol. The van der Waals surface area contributed by atoms with Crippen LogP contribution in [0.25, 0.3) is 0 Å². The molecule has 1 unspecified atom stereocenters. The van der Waals surface area contributed by atoms with E-state index in [-0.39, 0.29) is 11.1 Å². The van der Waals surface area contributed by atoms with E-state index in [1.165, 1.54) is 6.07 Å². The minimum atomic E-state index is -0.396. The molecule has 0 aliphatic carbocycles. The Morgan fingerprint density at radius 1 is 1.33 bits per heavy atom. The molecule has 0 spiro atoms. The van der Waals surface area contributed by atoms with Gasteiger partial charge < -0.3 is 5.32 Å². The molecule has 0 fully saturated rings. The van der Waals surface area contributed by atoms with E-state index < -0.39 is 5.82 Å². The van der Waals surface area contributed by atoms with Crippen LogP contribution in [-0.4, -0.2) is 11.5 Å². The standard InChI is InChI=1S/C15H14Br2ClFN2/c1-2-20-14(15-11(17)7-10(16)8-21-15)6-9-3-4-12(18)13(19)5-9/h3-5,7-8,14,20H,2,6H2,1H3. The Balaban J connectivity index is 2.28. The van der Waals surface area contributed by atoms with Crippen LogP contribution in [-0.2, 0) is 6.42 Å². The summed E-state index contributed by atoms with van der Waals surface area (Å²) in [5.74, 6) is -0.396. The zero-order chi connectivity index (χ0) is 15.4. The monoisotopic (exact) mass is 434 g/mol. The summed E-state index contributed by atoms with van der Waals surface area (Å²) in [6, 6.07) is 6.84. The molecule has 21 heavy (non-hydrogen) atoms. The zero-order valence-electron chi connectivity index (χ0n) is 11.3. The molecule has 0 saturated carbocycles. The Morgan fingerprint density at radius 2 is 2.10 bits per heavy atom. The van der Waals surface area contributed by atoms with Gasteiger partial charge in [-0.25, -0.2) is 4.39 Å². The number of rotatable bonds is 5. The van der Waals surface area contributed by atoms with Crippen molar-refractivity contribution in [3.8, 4) is 0 Å². The van der Waals surface area contributed by atoms with Gasteiger partial charge in [0.1, 0.15) is 5.82 Å². The Hall–Kier alpha value is -0.490. The average molecular weight is 437 g/mol. The zero-order valence-corrected chi connectivity index (χ0v) is 15.3. The van der Waals surface area contributed by atoms with Crippen molar-refractivity contribution >= 4 is 43.5 Å². The van der Waals surface area contributed by atoms with Gasteiger partial charge in [0.05, 0.1) is 16.8 Å². The van der Waals surface area contributed by atoms with Crippen molar-refractivity contribution in [2.75, 3.05) is 6.54 Å². The number of halogens is 4. The minimum Gasteiger partial charge on any atom is -0.309 e. The molecule has 112 valence electrons. The van der Waals surface area contributed by atoms with Crippen molar-refractivity contribution < 1.29 is 4.39 Å². The SMILES string of the molecule is CCNC(Cc1ccc(Cl)c(F)c1)c1ncc(Br)cc1Br. The molecule has 6 heteroatoms. The molecule has 2 aromatic rings. The van der Waals surface area contributed by atoms with E-state index in [2.05, 4.69) is 42.2 Å². The summed E-state index contributed by atoms with van der Waals surface area (Å²) >= 11 is 12.6. The van der Waals surface area contributed by atoms with E-state index in [0.717, 1.165) is 26.7 Å². The van der Waals surface area contributed by atoms with E-state index in [4.69, 9.17) is 11.6 Å². The van der Waals surface area contributed by atoms with Crippen molar-refractivity contribution in [3.63, 3.8) is 0 Å². The van der Waals surface area contributed by atoms with Crippen molar-refractivity contribution in [3.05, 3.63) is 61.5 Å². The van der Waals surface area contributed by atoms with Gasteiger partial charge in [-0.3, -0.25) is 4.98 Å². The lowest BCUT2D eigenvalue weighted by Gasteiger charge is -2.19. The van der Waals surface area contributed by atoms with Crippen LogP contribution < -0.4 is 5.32 Å². The highest BCUT2D eigenvalue weighted by atomic mass is 79.9. The molecule has 1 aromatic heterocycles. The van der Waals surface area contributed by atoms with Crippen LogP contribution in [0.15, 0.2) is 39.4 Å². The summed E-state index contributed by atoms with van der Waals surface area (Å²) in [6.07, 6.45) is 2.39. The molecule has 0 amide bonds. The molecule has 0 radical (unpaired) electrons. The minimum absolute atomic E-state index is 0.00181. The second-order valence-electron chi connectivity index (χ2n) is 4.58. The lowest BCUT2D eigenvalue weighted by atomic mass is 10.0. The summed E-state index contributed by atoms with van der Waals surface area (Å²) in [4.78, 5) is 4.46. The molecular formula is C15H14Br2ClFN2. The molecule has 0 aliphatic heterocycles. The maximum absolute atomic E-state index is 13.6. The van der Waals surface area contributed by atoms with Crippen molar-refractivity contribution in [2.24, 2.45) is 0 Å². The highest BCUT2D eigenvalue weighted by molar-refractivity contribution is 9.11. The summed E-state index contributed by atoms with van der Waals surface area (Å²) in [7, 11) is 0. The van der Waals surface area contributed by atoms with Crippen molar-refractivity contribution in [1.29, 1.82) is 0 Å². The van der Waals surface area contributed by atoms with Crippen LogP contribution in [0.3, 0.4) is 0 Å². The molecule has 0 aliphatic rings. The normalized spacial score (nSPS) is 12.4. The largest absolute Gasteiger partial charge is 0.309 e. The Bertz CT molecular complexity index is 637. The van der Waals surface area contributed by atoms with Crippen molar-refractivity contribution in [2.45, 2.75) is 19.4 Å². The van der Waals surface area contributed by atoms with E-state index in [1.807, 2.05) is 19.1 Å². The first-order valence-electron chi connectivity index (χ1n) is 6.49. The number of nitrogens with zero attached hydrogens (tertiary/aromatic N) is 1. The number of hydrogen-bond donors (Lipinski definition) is 1. The van der Waals surface area contributed by atoms with Crippen LogP contribution in [0.1, 0.15) is 24.2 Å². The van der Waals surface area contributed by atoms with Gasteiger partial charge in [-0.1, -0.05) is 24.6 Å². The number of hydrogen-bond acceptors (Lipinski definition) is 2. The molecule has 1 heterocycles. The number of aromatic nitrogens is 1. The van der Waals surface area contributed by atoms with Gasteiger partial charge in [-0.15, -0.1) is 0 Å². The summed E-state index contributed by atoms with van der Waals surface area (Å²) in [5, 5.41) is 3.52. The number of likely N-dealkylation sites (N-methyl/N-ethyl adjacent to an activating group) is 1. The maximum atomic E-state index is 13.6. The van der Waals surface area contributed by atoms with Crippen LogP contribution in [0, 0.1) is 5.82 Å². The second kappa shape index (κ2) is 7.68. The van der Waals surface area contributed by atoms with E-state index in [9.17, 15) is 4.39 Å². The Kier molecular flexibility index (Phi) is 6.17. The molecule has 1 N–H and O–H groups in total. The highest BCUT2D eigenvalue weighted by Crippen LogP contribution is 2.27. The first-order chi connectivity index (χ1) is 10.0.